The van der Waals surface area contributed by atoms with Crippen LogP contribution in [0.15, 0.2) is 53.4 Å². The van der Waals surface area contributed by atoms with E-state index in [1.54, 1.807) is 11.8 Å². The highest BCUT2D eigenvalue weighted by atomic mass is 32.2. The molecule has 0 aliphatic heterocycles. The van der Waals surface area contributed by atoms with Gasteiger partial charge >= 0.3 is 0 Å². The van der Waals surface area contributed by atoms with Gasteiger partial charge < -0.3 is 11.1 Å². The van der Waals surface area contributed by atoms with Gasteiger partial charge in [0.15, 0.2) is 0 Å². The topological polar surface area (TPSA) is 55.1 Å². The van der Waals surface area contributed by atoms with E-state index in [1.165, 1.54) is 11.3 Å². The molecule has 0 saturated carbocycles. The van der Waals surface area contributed by atoms with Gasteiger partial charge in [0.05, 0.1) is 5.69 Å². The summed E-state index contributed by atoms with van der Waals surface area (Å²) in [6.45, 7) is 0. The van der Waals surface area contributed by atoms with Gasteiger partial charge in [-0.2, -0.15) is 0 Å². The molecular formula is C16H14N2OS2. The van der Waals surface area contributed by atoms with E-state index >= 15 is 0 Å². The van der Waals surface area contributed by atoms with Crippen molar-refractivity contribution >= 4 is 50.5 Å². The minimum Gasteiger partial charge on any atom is -0.397 e. The molecule has 0 atom stereocenters. The molecule has 0 aliphatic rings. The molecule has 0 spiro atoms. The van der Waals surface area contributed by atoms with Gasteiger partial charge in [-0.1, -0.05) is 18.2 Å². The van der Waals surface area contributed by atoms with Gasteiger partial charge in [-0.25, -0.2) is 0 Å². The molecular weight excluding hydrogens is 300 g/mol. The van der Waals surface area contributed by atoms with E-state index in [2.05, 4.69) is 5.32 Å². The van der Waals surface area contributed by atoms with Crippen LogP contribution in [-0.2, 0) is 0 Å². The number of fused-ring (bicyclic) bond motifs is 1. The maximum absolute atomic E-state index is 12.4. The predicted octanol–water partition coefficient (Wildman–Crippen LogP) is 4.46. The number of rotatable bonds is 3. The van der Waals surface area contributed by atoms with Gasteiger partial charge in [-0.3, -0.25) is 4.79 Å². The van der Waals surface area contributed by atoms with E-state index in [1.807, 2.05) is 54.8 Å². The van der Waals surface area contributed by atoms with E-state index in [-0.39, 0.29) is 5.91 Å². The number of amides is 1. The summed E-state index contributed by atoms with van der Waals surface area (Å²) in [6.07, 6.45) is 2.02. The molecule has 0 fully saturated rings. The Hall–Kier alpha value is -1.98. The molecule has 0 aliphatic carbocycles. The molecule has 21 heavy (non-hydrogen) atoms. The Bertz CT molecular complexity index is 794. The third-order valence-corrected chi connectivity index (χ3v) is 5.12. The summed E-state index contributed by atoms with van der Waals surface area (Å²) in [5.41, 5.74) is 7.41. The van der Waals surface area contributed by atoms with Crippen molar-refractivity contribution in [3.8, 4) is 0 Å². The fourth-order valence-electron chi connectivity index (χ4n) is 2.10. The van der Waals surface area contributed by atoms with Gasteiger partial charge in [-0.05, 0) is 36.6 Å². The SMILES string of the molecule is CSc1ccc(NC(=O)c2sc3ccccc3c2N)cc1. The molecule has 3 N–H and O–H groups in total. The Labute approximate surface area is 131 Å². The minimum absolute atomic E-state index is 0.161. The van der Waals surface area contributed by atoms with Crippen LogP contribution in [0.4, 0.5) is 11.4 Å². The zero-order chi connectivity index (χ0) is 14.8. The number of carbonyl (C=O) groups is 1. The number of thioether (sulfide) groups is 1. The lowest BCUT2D eigenvalue weighted by Crippen LogP contribution is -2.11. The number of nitrogens with one attached hydrogen (secondary N) is 1. The van der Waals surface area contributed by atoms with Crippen LogP contribution in [0.5, 0.6) is 0 Å². The Morgan fingerprint density at radius 1 is 1.14 bits per heavy atom. The molecule has 0 saturated heterocycles. The molecule has 3 nitrogen and oxygen atoms in total. The van der Waals surface area contributed by atoms with E-state index in [4.69, 9.17) is 5.73 Å². The van der Waals surface area contributed by atoms with Crippen molar-refractivity contribution in [2.24, 2.45) is 0 Å². The maximum Gasteiger partial charge on any atom is 0.267 e. The van der Waals surface area contributed by atoms with E-state index in [9.17, 15) is 4.79 Å². The van der Waals surface area contributed by atoms with Crippen LogP contribution in [0, 0.1) is 0 Å². The van der Waals surface area contributed by atoms with Crippen molar-refractivity contribution in [3.63, 3.8) is 0 Å². The van der Waals surface area contributed by atoms with Crippen LogP contribution >= 0.6 is 23.1 Å². The molecule has 2 aromatic carbocycles. The number of anilines is 2. The quantitative estimate of drug-likeness (QED) is 0.702. The molecule has 0 unspecified atom stereocenters. The summed E-state index contributed by atoms with van der Waals surface area (Å²) in [6, 6.07) is 15.5. The Balaban J connectivity index is 1.87. The number of nitrogens with two attached hydrogens (primary N) is 1. The van der Waals surface area contributed by atoms with Gasteiger partial charge in [0.25, 0.3) is 5.91 Å². The van der Waals surface area contributed by atoms with E-state index < -0.39 is 0 Å². The lowest BCUT2D eigenvalue weighted by atomic mass is 10.2. The summed E-state index contributed by atoms with van der Waals surface area (Å²) in [5, 5.41) is 3.83. The van der Waals surface area contributed by atoms with Crippen LogP contribution < -0.4 is 11.1 Å². The molecule has 1 heterocycles. The maximum atomic E-state index is 12.4. The highest BCUT2D eigenvalue weighted by Crippen LogP contribution is 2.33. The standard InChI is InChI=1S/C16H14N2OS2/c1-20-11-8-6-10(7-9-11)18-16(19)15-14(17)12-4-2-3-5-13(12)21-15/h2-9H,17H2,1H3,(H,18,19). The first-order valence-corrected chi connectivity index (χ1v) is 8.45. The van der Waals surface area contributed by atoms with Crippen LogP contribution in [0.3, 0.4) is 0 Å². The number of nitrogen functional groups attached to an aromatic ring is 1. The van der Waals surface area contributed by atoms with Gasteiger partial charge in [0.2, 0.25) is 0 Å². The highest BCUT2D eigenvalue weighted by Gasteiger charge is 2.16. The zero-order valence-electron chi connectivity index (χ0n) is 11.4. The molecule has 1 amide bonds. The third kappa shape index (κ3) is 2.75. The highest BCUT2D eigenvalue weighted by molar-refractivity contribution is 7.98. The Morgan fingerprint density at radius 2 is 1.86 bits per heavy atom. The fraction of sp³-hybridized carbons (Fsp3) is 0.0625. The Morgan fingerprint density at radius 3 is 2.52 bits per heavy atom. The van der Waals surface area contributed by atoms with Crippen molar-refractivity contribution in [1.82, 2.24) is 0 Å². The number of benzene rings is 2. The van der Waals surface area contributed by atoms with Gasteiger partial charge in [0, 0.05) is 20.7 Å². The molecule has 106 valence electrons. The number of hydrogen-bond acceptors (Lipinski definition) is 4. The van der Waals surface area contributed by atoms with Crippen molar-refractivity contribution < 1.29 is 4.79 Å². The molecule has 0 radical (unpaired) electrons. The van der Waals surface area contributed by atoms with Crippen LogP contribution in [0.25, 0.3) is 10.1 Å². The number of hydrogen-bond donors (Lipinski definition) is 2. The van der Waals surface area contributed by atoms with Gasteiger partial charge in [-0.15, -0.1) is 23.1 Å². The second-order valence-electron chi connectivity index (χ2n) is 4.52. The first-order chi connectivity index (χ1) is 10.2. The normalized spacial score (nSPS) is 10.7. The average Bonchev–Trinajstić information content (AvgIpc) is 2.86. The van der Waals surface area contributed by atoms with Crippen molar-refractivity contribution in [2.45, 2.75) is 4.90 Å². The van der Waals surface area contributed by atoms with Crippen molar-refractivity contribution in [3.05, 3.63) is 53.4 Å². The van der Waals surface area contributed by atoms with Crippen molar-refractivity contribution in [2.75, 3.05) is 17.3 Å². The summed E-state index contributed by atoms with van der Waals surface area (Å²) in [5.74, 6) is -0.161. The number of thiophene rings is 1. The largest absolute Gasteiger partial charge is 0.397 e. The predicted molar refractivity (Wildman–Crippen MR) is 92.4 cm³/mol. The summed E-state index contributed by atoms with van der Waals surface area (Å²) >= 11 is 3.09. The molecule has 5 heteroatoms. The zero-order valence-corrected chi connectivity index (χ0v) is 13.1. The molecule has 3 rings (SSSR count). The summed E-state index contributed by atoms with van der Waals surface area (Å²) in [4.78, 5) is 14.1. The second-order valence-corrected chi connectivity index (χ2v) is 6.46. The summed E-state index contributed by atoms with van der Waals surface area (Å²) in [7, 11) is 0. The fourth-order valence-corrected chi connectivity index (χ4v) is 3.52. The molecule has 0 bridgehead atoms. The van der Waals surface area contributed by atoms with Gasteiger partial charge in [0.1, 0.15) is 4.88 Å². The van der Waals surface area contributed by atoms with Crippen LogP contribution in [-0.4, -0.2) is 12.2 Å². The molecule has 3 aromatic rings. The first-order valence-electron chi connectivity index (χ1n) is 6.41. The minimum atomic E-state index is -0.161. The van der Waals surface area contributed by atoms with E-state index in [0.29, 0.717) is 10.6 Å². The first kappa shape index (κ1) is 14.0. The lowest BCUT2D eigenvalue weighted by Gasteiger charge is -2.05. The monoisotopic (exact) mass is 314 g/mol. The van der Waals surface area contributed by atoms with Crippen LogP contribution in [0.1, 0.15) is 9.67 Å². The average molecular weight is 314 g/mol. The third-order valence-electron chi connectivity index (χ3n) is 3.19. The lowest BCUT2D eigenvalue weighted by molar-refractivity contribution is 0.103. The second kappa shape index (κ2) is 5.79. The Kier molecular flexibility index (Phi) is 3.86. The smallest absolute Gasteiger partial charge is 0.267 e. The molecule has 1 aromatic heterocycles. The number of carbonyl (C=O) groups excluding carboxylic acids is 1. The van der Waals surface area contributed by atoms with E-state index in [0.717, 1.165) is 20.7 Å². The van der Waals surface area contributed by atoms with Crippen LogP contribution in [0.2, 0.25) is 0 Å². The summed E-state index contributed by atoms with van der Waals surface area (Å²) < 4.78 is 1.03. The van der Waals surface area contributed by atoms with Crippen molar-refractivity contribution in [1.29, 1.82) is 0 Å².